The van der Waals surface area contributed by atoms with Crippen LogP contribution in [0.25, 0.3) is 0 Å². The summed E-state index contributed by atoms with van der Waals surface area (Å²) in [5, 5.41) is 2.26. The van der Waals surface area contributed by atoms with Crippen molar-refractivity contribution in [2.45, 2.75) is 6.92 Å². The molecule has 0 fully saturated rings. The standard InChI is InChI=1S/C14H11F3N2O/c1-7-2-3-8(15)6-11(7)19-14(20)12-9(16)4-5-10(18)13(12)17/h2-6H,18H2,1H3,(H,19,20). The number of nitrogens with one attached hydrogen (secondary N) is 1. The first-order valence-electron chi connectivity index (χ1n) is 5.71. The Morgan fingerprint density at radius 2 is 1.85 bits per heavy atom. The van der Waals surface area contributed by atoms with Crippen molar-refractivity contribution in [1.82, 2.24) is 0 Å². The Kier molecular flexibility index (Phi) is 3.65. The molecule has 0 radical (unpaired) electrons. The van der Waals surface area contributed by atoms with E-state index in [0.717, 1.165) is 18.2 Å². The third-order valence-electron chi connectivity index (χ3n) is 2.80. The Balaban J connectivity index is 2.38. The Bertz CT molecular complexity index is 686. The molecule has 1 amide bonds. The summed E-state index contributed by atoms with van der Waals surface area (Å²) in [6.07, 6.45) is 0. The fourth-order valence-electron chi connectivity index (χ4n) is 1.69. The third kappa shape index (κ3) is 2.59. The minimum Gasteiger partial charge on any atom is -0.396 e. The van der Waals surface area contributed by atoms with E-state index in [-0.39, 0.29) is 11.4 Å². The number of hydrogen-bond acceptors (Lipinski definition) is 2. The average molecular weight is 280 g/mol. The van der Waals surface area contributed by atoms with Crippen molar-refractivity contribution in [3.8, 4) is 0 Å². The minimum atomic E-state index is -1.14. The molecule has 0 spiro atoms. The molecule has 0 heterocycles. The molecule has 2 aromatic carbocycles. The van der Waals surface area contributed by atoms with E-state index in [1.165, 1.54) is 12.1 Å². The van der Waals surface area contributed by atoms with E-state index >= 15 is 0 Å². The molecule has 0 aliphatic heterocycles. The lowest BCUT2D eigenvalue weighted by Gasteiger charge is -2.10. The number of nitrogens with two attached hydrogens (primary N) is 1. The van der Waals surface area contributed by atoms with Gasteiger partial charge in [0.2, 0.25) is 0 Å². The third-order valence-corrected chi connectivity index (χ3v) is 2.80. The number of carbonyl (C=O) groups excluding carboxylic acids is 1. The summed E-state index contributed by atoms with van der Waals surface area (Å²) >= 11 is 0. The van der Waals surface area contributed by atoms with Crippen LogP contribution < -0.4 is 11.1 Å². The monoisotopic (exact) mass is 280 g/mol. The van der Waals surface area contributed by atoms with Gasteiger partial charge in [-0.25, -0.2) is 13.2 Å². The molecule has 2 rings (SSSR count). The highest BCUT2D eigenvalue weighted by atomic mass is 19.1. The molecular weight excluding hydrogens is 269 g/mol. The molecule has 0 aliphatic carbocycles. The van der Waals surface area contributed by atoms with E-state index in [9.17, 15) is 18.0 Å². The van der Waals surface area contributed by atoms with Crippen LogP contribution in [0.5, 0.6) is 0 Å². The van der Waals surface area contributed by atoms with Crippen molar-refractivity contribution in [2.24, 2.45) is 0 Å². The van der Waals surface area contributed by atoms with Crippen molar-refractivity contribution in [3.05, 3.63) is 58.9 Å². The Hall–Kier alpha value is -2.50. The maximum absolute atomic E-state index is 13.7. The molecule has 2 aromatic rings. The number of anilines is 2. The van der Waals surface area contributed by atoms with Crippen LogP contribution >= 0.6 is 0 Å². The molecule has 6 heteroatoms. The molecule has 20 heavy (non-hydrogen) atoms. The fraction of sp³-hybridized carbons (Fsp3) is 0.0714. The van der Waals surface area contributed by atoms with Gasteiger partial charge in [-0.3, -0.25) is 4.79 Å². The molecule has 0 saturated carbocycles. The van der Waals surface area contributed by atoms with Gasteiger partial charge in [0.25, 0.3) is 5.91 Å². The molecule has 0 aliphatic rings. The molecule has 3 N–H and O–H groups in total. The van der Waals surface area contributed by atoms with Crippen LogP contribution in [0.3, 0.4) is 0 Å². The van der Waals surface area contributed by atoms with Gasteiger partial charge < -0.3 is 11.1 Å². The van der Waals surface area contributed by atoms with E-state index in [1.807, 2.05) is 0 Å². The maximum atomic E-state index is 13.7. The predicted molar refractivity (Wildman–Crippen MR) is 69.9 cm³/mol. The van der Waals surface area contributed by atoms with Gasteiger partial charge in [0, 0.05) is 5.69 Å². The number of rotatable bonds is 2. The van der Waals surface area contributed by atoms with E-state index in [1.54, 1.807) is 6.92 Å². The number of hydrogen-bond donors (Lipinski definition) is 2. The van der Waals surface area contributed by atoms with Gasteiger partial charge in [0.15, 0.2) is 5.82 Å². The lowest BCUT2D eigenvalue weighted by atomic mass is 10.1. The van der Waals surface area contributed by atoms with Gasteiger partial charge in [-0.1, -0.05) is 6.07 Å². The van der Waals surface area contributed by atoms with Crippen molar-refractivity contribution in [1.29, 1.82) is 0 Å². The van der Waals surface area contributed by atoms with Crippen molar-refractivity contribution < 1.29 is 18.0 Å². The smallest absolute Gasteiger partial charge is 0.261 e. The van der Waals surface area contributed by atoms with Crippen LogP contribution in [0.15, 0.2) is 30.3 Å². The molecule has 3 nitrogen and oxygen atoms in total. The summed E-state index contributed by atoms with van der Waals surface area (Å²) in [4.78, 5) is 11.9. The number of carbonyl (C=O) groups is 1. The lowest BCUT2D eigenvalue weighted by molar-refractivity contribution is 0.101. The van der Waals surface area contributed by atoms with Gasteiger partial charge in [-0.2, -0.15) is 0 Å². The maximum Gasteiger partial charge on any atom is 0.261 e. The number of nitrogen functional groups attached to an aromatic ring is 1. The highest BCUT2D eigenvalue weighted by Gasteiger charge is 2.20. The number of halogens is 3. The van der Waals surface area contributed by atoms with E-state index in [2.05, 4.69) is 5.32 Å². The zero-order valence-electron chi connectivity index (χ0n) is 10.5. The van der Waals surface area contributed by atoms with Crippen LogP contribution in [0.1, 0.15) is 15.9 Å². The zero-order valence-corrected chi connectivity index (χ0v) is 10.5. The largest absolute Gasteiger partial charge is 0.396 e. The Morgan fingerprint density at radius 1 is 1.15 bits per heavy atom. The van der Waals surface area contributed by atoms with Crippen LogP contribution in [-0.2, 0) is 0 Å². The lowest BCUT2D eigenvalue weighted by Crippen LogP contribution is -2.17. The summed E-state index contributed by atoms with van der Waals surface area (Å²) in [5.41, 5.74) is 4.85. The normalized spacial score (nSPS) is 10.4. The molecule has 0 unspecified atom stereocenters. The van der Waals surface area contributed by atoms with Crippen molar-refractivity contribution >= 4 is 17.3 Å². The average Bonchev–Trinajstić information content (AvgIpc) is 2.39. The second kappa shape index (κ2) is 5.24. The number of amides is 1. The molecule has 0 bridgehead atoms. The van der Waals surface area contributed by atoms with E-state index in [0.29, 0.717) is 5.56 Å². The van der Waals surface area contributed by atoms with E-state index < -0.39 is 28.9 Å². The highest BCUT2D eigenvalue weighted by molar-refractivity contribution is 6.05. The zero-order chi connectivity index (χ0) is 14.9. The molecule has 0 atom stereocenters. The Labute approximate surface area is 113 Å². The molecule has 0 saturated heterocycles. The molecule has 104 valence electrons. The number of benzene rings is 2. The highest BCUT2D eigenvalue weighted by Crippen LogP contribution is 2.22. The summed E-state index contributed by atoms with van der Waals surface area (Å²) in [6.45, 7) is 1.63. The minimum absolute atomic E-state index is 0.135. The second-order valence-electron chi connectivity index (χ2n) is 4.24. The van der Waals surface area contributed by atoms with Gasteiger partial charge in [0.05, 0.1) is 5.69 Å². The van der Waals surface area contributed by atoms with Crippen molar-refractivity contribution in [3.63, 3.8) is 0 Å². The number of aryl methyl sites for hydroxylation is 1. The summed E-state index contributed by atoms with van der Waals surface area (Å²) in [6, 6.07) is 5.64. The van der Waals surface area contributed by atoms with Gasteiger partial charge in [-0.05, 0) is 36.8 Å². The summed E-state index contributed by atoms with van der Waals surface area (Å²) in [7, 11) is 0. The summed E-state index contributed by atoms with van der Waals surface area (Å²) in [5.74, 6) is -3.78. The van der Waals surface area contributed by atoms with Gasteiger partial charge in [0.1, 0.15) is 17.2 Å². The van der Waals surface area contributed by atoms with Gasteiger partial charge >= 0.3 is 0 Å². The topological polar surface area (TPSA) is 55.1 Å². The Morgan fingerprint density at radius 3 is 2.55 bits per heavy atom. The van der Waals surface area contributed by atoms with Crippen LogP contribution in [0.2, 0.25) is 0 Å². The first-order chi connectivity index (χ1) is 9.40. The van der Waals surface area contributed by atoms with Crippen LogP contribution in [0.4, 0.5) is 24.5 Å². The van der Waals surface area contributed by atoms with Gasteiger partial charge in [-0.15, -0.1) is 0 Å². The van der Waals surface area contributed by atoms with Crippen LogP contribution in [-0.4, -0.2) is 5.91 Å². The molecule has 0 aromatic heterocycles. The SMILES string of the molecule is Cc1ccc(F)cc1NC(=O)c1c(F)ccc(N)c1F. The van der Waals surface area contributed by atoms with Crippen molar-refractivity contribution in [2.75, 3.05) is 11.1 Å². The predicted octanol–water partition coefficient (Wildman–Crippen LogP) is 3.25. The first kappa shape index (κ1) is 13.9. The van der Waals surface area contributed by atoms with E-state index in [4.69, 9.17) is 5.73 Å². The second-order valence-corrected chi connectivity index (χ2v) is 4.24. The van der Waals surface area contributed by atoms with Crippen LogP contribution in [0, 0.1) is 24.4 Å². The first-order valence-corrected chi connectivity index (χ1v) is 5.71. The molecular formula is C14H11F3N2O. The quantitative estimate of drug-likeness (QED) is 0.830. The fourth-order valence-corrected chi connectivity index (χ4v) is 1.69. The summed E-state index contributed by atoms with van der Waals surface area (Å²) < 4.78 is 40.3.